The maximum absolute atomic E-state index is 11.6. The standard InChI is InChI=1S/C12H19N3O2S/c1-9(2)6-7-15-12-5-4-10(8-11(12)13)18(16,17)14-3/h4-6,8,14-15H,7,13H2,1-3H3. The molecule has 0 bridgehead atoms. The van der Waals surface area contributed by atoms with Gasteiger partial charge in [-0.15, -0.1) is 0 Å². The maximum Gasteiger partial charge on any atom is 0.240 e. The molecule has 0 saturated heterocycles. The molecule has 0 aliphatic rings. The minimum atomic E-state index is -3.44. The molecule has 5 nitrogen and oxygen atoms in total. The summed E-state index contributed by atoms with van der Waals surface area (Å²) in [4.78, 5) is 0.162. The van der Waals surface area contributed by atoms with E-state index in [-0.39, 0.29) is 4.90 Å². The Morgan fingerprint density at radius 2 is 2.06 bits per heavy atom. The second kappa shape index (κ2) is 5.88. The zero-order valence-electron chi connectivity index (χ0n) is 10.8. The molecule has 0 amide bonds. The van der Waals surface area contributed by atoms with Gasteiger partial charge in [-0.3, -0.25) is 0 Å². The Labute approximate surface area is 108 Å². The molecular formula is C12H19N3O2S. The topological polar surface area (TPSA) is 84.2 Å². The highest BCUT2D eigenvalue weighted by Crippen LogP contribution is 2.22. The van der Waals surface area contributed by atoms with E-state index in [0.29, 0.717) is 12.2 Å². The van der Waals surface area contributed by atoms with Crippen LogP contribution in [0.5, 0.6) is 0 Å². The summed E-state index contributed by atoms with van der Waals surface area (Å²) < 4.78 is 25.4. The fourth-order valence-corrected chi connectivity index (χ4v) is 2.12. The van der Waals surface area contributed by atoms with E-state index in [1.165, 1.54) is 24.8 Å². The second-order valence-electron chi connectivity index (χ2n) is 4.12. The van der Waals surface area contributed by atoms with E-state index in [1.807, 2.05) is 19.9 Å². The number of allylic oxidation sites excluding steroid dienone is 1. The number of hydrogen-bond donors (Lipinski definition) is 3. The summed E-state index contributed by atoms with van der Waals surface area (Å²) in [5.74, 6) is 0. The SMILES string of the molecule is CNS(=O)(=O)c1ccc(NCC=C(C)C)c(N)c1. The van der Waals surface area contributed by atoms with Crippen LogP contribution >= 0.6 is 0 Å². The lowest BCUT2D eigenvalue weighted by atomic mass is 10.2. The lowest BCUT2D eigenvalue weighted by Gasteiger charge is -2.09. The predicted octanol–water partition coefficient (Wildman–Crippen LogP) is 1.55. The van der Waals surface area contributed by atoms with Crippen LogP contribution in [0, 0.1) is 0 Å². The molecule has 18 heavy (non-hydrogen) atoms. The van der Waals surface area contributed by atoms with Crippen LogP contribution < -0.4 is 15.8 Å². The molecule has 100 valence electrons. The smallest absolute Gasteiger partial charge is 0.240 e. The van der Waals surface area contributed by atoms with E-state index in [4.69, 9.17) is 5.73 Å². The molecule has 4 N–H and O–H groups in total. The highest BCUT2D eigenvalue weighted by Gasteiger charge is 2.12. The lowest BCUT2D eigenvalue weighted by Crippen LogP contribution is -2.18. The molecule has 0 unspecified atom stereocenters. The molecule has 0 aliphatic heterocycles. The van der Waals surface area contributed by atoms with Crippen LogP contribution in [0.3, 0.4) is 0 Å². The fraction of sp³-hybridized carbons (Fsp3) is 0.333. The van der Waals surface area contributed by atoms with Crippen LogP contribution in [-0.4, -0.2) is 22.0 Å². The first-order chi connectivity index (χ1) is 8.36. The van der Waals surface area contributed by atoms with Crippen molar-refractivity contribution in [2.24, 2.45) is 0 Å². The van der Waals surface area contributed by atoms with E-state index in [9.17, 15) is 8.42 Å². The van der Waals surface area contributed by atoms with Crippen LogP contribution in [0.4, 0.5) is 11.4 Å². The van der Waals surface area contributed by atoms with Crippen molar-refractivity contribution in [3.05, 3.63) is 29.8 Å². The number of benzene rings is 1. The number of rotatable bonds is 5. The van der Waals surface area contributed by atoms with Crippen LogP contribution in [-0.2, 0) is 10.0 Å². The van der Waals surface area contributed by atoms with E-state index in [2.05, 4.69) is 10.0 Å². The van der Waals surface area contributed by atoms with Crippen molar-refractivity contribution in [1.29, 1.82) is 0 Å². The van der Waals surface area contributed by atoms with E-state index in [0.717, 1.165) is 5.69 Å². The molecule has 0 heterocycles. The van der Waals surface area contributed by atoms with Gasteiger partial charge in [0.2, 0.25) is 10.0 Å². The summed E-state index contributed by atoms with van der Waals surface area (Å²) in [5.41, 5.74) is 8.15. The van der Waals surface area contributed by atoms with Crippen molar-refractivity contribution >= 4 is 21.4 Å². The Kier molecular flexibility index (Phi) is 4.75. The number of nitrogens with two attached hydrogens (primary N) is 1. The fourth-order valence-electron chi connectivity index (χ4n) is 1.35. The average molecular weight is 269 g/mol. The van der Waals surface area contributed by atoms with Gasteiger partial charge in [0, 0.05) is 6.54 Å². The van der Waals surface area contributed by atoms with Gasteiger partial charge in [-0.25, -0.2) is 13.1 Å². The molecule has 0 fully saturated rings. The average Bonchev–Trinajstić information content (AvgIpc) is 2.30. The highest BCUT2D eigenvalue weighted by atomic mass is 32.2. The molecule has 6 heteroatoms. The zero-order valence-corrected chi connectivity index (χ0v) is 11.6. The summed E-state index contributed by atoms with van der Waals surface area (Å²) in [6, 6.07) is 4.63. The van der Waals surface area contributed by atoms with Crippen LogP contribution in [0.15, 0.2) is 34.7 Å². The van der Waals surface area contributed by atoms with Gasteiger partial charge in [0.15, 0.2) is 0 Å². The Morgan fingerprint density at radius 3 is 2.56 bits per heavy atom. The molecule has 1 aromatic rings. The predicted molar refractivity (Wildman–Crippen MR) is 75.0 cm³/mol. The van der Waals surface area contributed by atoms with Gasteiger partial charge >= 0.3 is 0 Å². The number of anilines is 2. The lowest BCUT2D eigenvalue weighted by molar-refractivity contribution is 0.588. The molecular weight excluding hydrogens is 250 g/mol. The van der Waals surface area contributed by atoms with Crippen LogP contribution in [0.1, 0.15) is 13.8 Å². The van der Waals surface area contributed by atoms with Gasteiger partial charge < -0.3 is 11.1 Å². The highest BCUT2D eigenvalue weighted by molar-refractivity contribution is 7.89. The molecule has 0 radical (unpaired) electrons. The largest absolute Gasteiger partial charge is 0.397 e. The monoisotopic (exact) mass is 269 g/mol. The molecule has 0 atom stereocenters. The third kappa shape index (κ3) is 3.75. The van der Waals surface area contributed by atoms with Crippen molar-refractivity contribution in [1.82, 2.24) is 4.72 Å². The van der Waals surface area contributed by atoms with Crippen LogP contribution in [0.2, 0.25) is 0 Å². The molecule has 1 aromatic carbocycles. The number of nitrogen functional groups attached to an aromatic ring is 1. The van der Waals surface area contributed by atoms with E-state index < -0.39 is 10.0 Å². The van der Waals surface area contributed by atoms with E-state index in [1.54, 1.807) is 6.07 Å². The van der Waals surface area contributed by atoms with Crippen LogP contribution in [0.25, 0.3) is 0 Å². The van der Waals surface area contributed by atoms with Gasteiger partial charge in [-0.2, -0.15) is 0 Å². The van der Waals surface area contributed by atoms with Gasteiger partial charge in [-0.05, 0) is 39.1 Å². The minimum absolute atomic E-state index is 0.162. The first-order valence-electron chi connectivity index (χ1n) is 5.57. The quantitative estimate of drug-likeness (QED) is 0.559. The Hall–Kier alpha value is -1.53. The zero-order chi connectivity index (χ0) is 13.8. The molecule has 1 rings (SSSR count). The minimum Gasteiger partial charge on any atom is -0.397 e. The summed E-state index contributed by atoms with van der Waals surface area (Å²) in [6.07, 6.45) is 2.03. The van der Waals surface area contributed by atoms with Crippen molar-refractivity contribution in [2.45, 2.75) is 18.7 Å². The number of hydrogen-bond acceptors (Lipinski definition) is 4. The molecule has 0 saturated carbocycles. The number of sulfonamides is 1. The Morgan fingerprint density at radius 1 is 1.39 bits per heavy atom. The van der Waals surface area contributed by atoms with Gasteiger partial charge in [0.05, 0.1) is 16.3 Å². The van der Waals surface area contributed by atoms with E-state index >= 15 is 0 Å². The molecule has 0 aromatic heterocycles. The van der Waals surface area contributed by atoms with Crippen molar-refractivity contribution in [3.8, 4) is 0 Å². The first-order valence-corrected chi connectivity index (χ1v) is 7.05. The molecule has 0 spiro atoms. The summed E-state index contributed by atoms with van der Waals surface area (Å²) in [7, 11) is -2.07. The second-order valence-corrected chi connectivity index (χ2v) is 6.01. The van der Waals surface area contributed by atoms with Gasteiger partial charge in [0.25, 0.3) is 0 Å². The van der Waals surface area contributed by atoms with Gasteiger partial charge in [0.1, 0.15) is 0 Å². The summed E-state index contributed by atoms with van der Waals surface area (Å²) >= 11 is 0. The molecule has 0 aliphatic carbocycles. The first kappa shape index (κ1) is 14.5. The van der Waals surface area contributed by atoms with Gasteiger partial charge in [-0.1, -0.05) is 11.6 Å². The maximum atomic E-state index is 11.6. The van der Waals surface area contributed by atoms with Crippen molar-refractivity contribution in [2.75, 3.05) is 24.6 Å². The normalized spacial score (nSPS) is 11.1. The van der Waals surface area contributed by atoms with Crippen molar-refractivity contribution in [3.63, 3.8) is 0 Å². The number of nitrogens with one attached hydrogen (secondary N) is 2. The Bertz CT molecular complexity index is 546. The third-order valence-corrected chi connectivity index (χ3v) is 3.82. The summed E-state index contributed by atoms with van der Waals surface area (Å²) in [6.45, 7) is 4.67. The third-order valence-electron chi connectivity index (χ3n) is 2.40. The summed E-state index contributed by atoms with van der Waals surface area (Å²) in [5, 5.41) is 3.12. The Balaban J connectivity index is 2.90. The van der Waals surface area contributed by atoms with Crippen molar-refractivity contribution < 1.29 is 8.42 Å².